The Morgan fingerprint density at radius 2 is 1.56 bits per heavy atom. The van der Waals surface area contributed by atoms with E-state index in [4.69, 9.17) is 23.5 Å². The summed E-state index contributed by atoms with van der Waals surface area (Å²) in [5.41, 5.74) is 8.11. The van der Waals surface area contributed by atoms with E-state index in [0.717, 1.165) is 0 Å². The van der Waals surface area contributed by atoms with Gasteiger partial charge in [-0.25, -0.2) is 0 Å². The van der Waals surface area contributed by atoms with E-state index >= 15 is 0 Å². The Morgan fingerprint density at radius 3 is 2.00 bits per heavy atom. The van der Waals surface area contributed by atoms with Crippen LogP contribution in [0.25, 0.3) is 10.4 Å². The normalized spacial score (nSPS) is 11.3. The number of azide groups is 1. The van der Waals surface area contributed by atoms with Crippen molar-refractivity contribution in [1.29, 1.82) is 0 Å². The molecule has 0 aromatic heterocycles. The molecule has 18 heavy (non-hydrogen) atoms. The monoisotopic (exact) mass is 277 g/mol. The quantitative estimate of drug-likeness (QED) is 0.180. The zero-order chi connectivity index (χ0) is 13.7. The van der Waals surface area contributed by atoms with E-state index < -0.39 is 8.80 Å². The van der Waals surface area contributed by atoms with E-state index in [-0.39, 0.29) is 0 Å². The molecule has 8 heteroatoms. The first-order valence-electron chi connectivity index (χ1n) is 6.25. The molecule has 106 valence electrons. The second kappa shape index (κ2) is 11.5. The predicted molar refractivity (Wildman–Crippen MR) is 70.3 cm³/mol. The molecule has 0 aliphatic carbocycles. The van der Waals surface area contributed by atoms with Crippen LogP contribution in [0.2, 0.25) is 6.04 Å². The fourth-order valence-corrected chi connectivity index (χ4v) is 3.85. The largest absolute Gasteiger partial charge is 0.503 e. The summed E-state index contributed by atoms with van der Waals surface area (Å²) in [5, 5.41) is 3.39. The van der Waals surface area contributed by atoms with Crippen LogP contribution in [0, 0.1) is 0 Å². The van der Waals surface area contributed by atoms with Crippen molar-refractivity contribution in [3.8, 4) is 0 Å². The summed E-state index contributed by atoms with van der Waals surface area (Å²) in [4.78, 5) is 2.65. The van der Waals surface area contributed by atoms with E-state index in [9.17, 15) is 0 Å². The Labute approximate surface area is 109 Å². The molecule has 0 aromatic rings. The molecule has 0 aliphatic heterocycles. The number of rotatable bonds is 12. The lowest BCUT2D eigenvalue weighted by Crippen LogP contribution is -2.46. The highest BCUT2D eigenvalue weighted by Gasteiger charge is 2.39. The highest BCUT2D eigenvalue weighted by Crippen LogP contribution is 2.15. The Kier molecular flexibility index (Phi) is 11.1. The van der Waals surface area contributed by atoms with Gasteiger partial charge in [-0.15, -0.1) is 0 Å². The summed E-state index contributed by atoms with van der Waals surface area (Å²) in [5.74, 6) is 0. The minimum absolute atomic E-state index is 0.336. The average Bonchev–Trinajstić information content (AvgIpc) is 2.35. The van der Waals surface area contributed by atoms with E-state index in [1.165, 1.54) is 0 Å². The van der Waals surface area contributed by atoms with E-state index in [1.54, 1.807) is 0 Å². The average molecular weight is 277 g/mol. The molecule has 0 aliphatic rings. The SMILES string of the molecule is CCO[Si](CCOCCN=[N+]=[N-])(OCC)OCC. The molecule has 0 heterocycles. The van der Waals surface area contributed by atoms with Crippen LogP contribution in [-0.2, 0) is 18.0 Å². The van der Waals surface area contributed by atoms with Crippen molar-refractivity contribution in [2.75, 3.05) is 39.6 Å². The van der Waals surface area contributed by atoms with Crippen molar-refractivity contribution in [3.63, 3.8) is 0 Å². The second-order valence-corrected chi connectivity index (χ2v) is 6.03. The molecule has 0 aromatic carbocycles. The molecule has 0 fully saturated rings. The number of hydrogen-bond acceptors (Lipinski definition) is 5. The van der Waals surface area contributed by atoms with Crippen molar-refractivity contribution in [1.82, 2.24) is 0 Å². The van der Waals surface area contributed by atoms with E-state index in [1.807, 2.05) is 20.8 Å². The number of ether oxygens (including phenoxy) is 1. The van der Waals surface area contributed by atoms with Gasteiger partial charge < -0.3 is 18.0 Å². The molecule has 0 saturated carbocycles. The summed E-state index contributed by atoms with van der Waals surface area (Å²) in [6.45, 7) is 8.66. The van der Waals surface area contributed by atoms with Crippen molar-refractivity contribution < 1.29 is 18.0 Å². The fourth-order valence-electron chi connectivity index (χ4n) is 1.45. The standard InChI is InChI=1S/C10H23N3O4Si/c1-4-15-18(16-5-2,17-6-3)10-9-14-8-7-12-13-11/h4-10H2,1-3H3. The first-order valence-corrected chi connectivity index (χ1v) is 8.18. The summed E-state index contributed by atoms with van der Waals surface area (Å²) >= 11 is 0. The van der Waals surface area contributed by atoms with Gasteiger partial charge in [0.2, 0.25) is 0 Å². The minimum atomic E-state index is -2.59. The molecule has 0 amide bonds. The molecular weight excluding hydrogens is 254 g/mol. The third kappa shape index (κ3) is 7.65. The maximum Gasteiger partial charge on any atom is 0.503 e. The van der Waals surface area contributed by atoms with Gasteiger partial charge in [0.05, 0.1) is 13.2 Å². The van der Waals surface area contributed by atoms with Crippen LogP contribution in [0.15, 0.2) is 5.11 Å². The zero-order valence-electron chi connectivity index (χ0n) is 11.4. The van der Waals surface area contributed by atoms with Crippen molar-refractivity contribution in [2.24, 2.45) is 5.11 Å². The lowest BCUT2D eigenvalue weighted by atomic mass is 10.7. The van der Waals surface area contributed by atoms with Crippen LogP contribution in [0.4, 0.5) is 0 Å². The molecular formula is C10H23N3O4Si. The second-order valence-electron chi connectivity index (χ2n) is 3.30. The first kappa shape index (κ1) is 17.4. The fraction of sp³-hybridized carbons (Fsp3) is 1.00. The van der Waals surface area contributed by atoms with E-state index in [2.05, 4.69) is 10.0 Å². The van der Waals surface area contributed by atoms with Gasteiger partial charge in [0, 0.05) is 37.3 Å². The van der Waals surface area contributed by atoms with Gasteiger partial charge in [-0.3, -0.25) is 0 Å². The van der Waals surface area contributed by atoms with Gasteiger partial charge in [0.15, 0.2) is 0 Å². The first-order chi connectivity index (χ1) is 8.74. The smallest absolute Gasteiger partial charge is 0.381 e. The van der Waals surface area contributed by atoms with Crippen LogP contribution in [0.5, 0.6) is 0 Å². The summed E-state index contributed by atoms with van der Waals surface area (Å²) in [6, 6.07) is 0.610. The number of hydrogen-bond donors (Lipinski definition) is 0. The highest BCUT2D eigenvalue weighted by atomic mass is 28.4. The molecule has 0 N–H and O–H groups in total. The third-order valence-electron chi connectivity index (χ3n) is 2.04. The Hall–Kier alpha value is -0.633. The zero-order valence-corrected chi connectivity index (χ0v) is 12.4. The van der Waals surface area contributed by atoms with Crippen LogP contribution in [0.3, 0.4) is 0 Å². The van der Waals surface area contributed by atoms with Gasteiger partial charge in [-0.2, -0.15) is 0 Å². The van der Waals surface area contributed by atoms with Crippen LogP contribution in [0.1, 0.15) is 20.8 Å². The topological polar surface area (TPSA) is 85.7 Å². The van der Waals surface area contributed by atoms with Crippen molar-refractivity contribution in [3.05, 3.63) is 10.4 Å². The number of nitrogens with zero attached hydrogens (tertiary/aromatic N) is 3. The summed E-state index contributed by atoms with van der Waals surface area (Å²) in [6.07, 6.45) is 0. The van der Waals surface area contributed by atoms with Gasteiger partial charge in [0.1, 0.15) is 0 Å². The lowest BCUT2D eigenvalue weighted by molar-refractivity contribution is 0.0587. The Bertz CT molecular complexity index is 232. The minimum Gasteiger partial charge on any atom is -0.381 e. The molecule has 0 rings (SSSR count). The third-order valence-corrected chi connectivity index (χ3v) is 5.05. The predicted octanol–water partition coefficient (Wildman–Crippen LogP) is 2.36. The molecule has 0 bridgehead atoms. The van der Waals surface area contributed by atoms with Gasteiger partial charge in [-0.05, 0) is 26.3 Å². The molecule has 0 atom stereocenters. The van der Waals surface area contributed by atoms with Crippen molar-refractivity contribution in [2.45, 2.75) is 26.8 Å². The van der Waals surface area contributed by atoms with Crippen molar-refractivity contribution >= 4 is 8.80 Å². The summed E-state index contributed by atoms with van der Waals surface area (Å²) in [7, 11) is -2.59. The maximum atomic E-state index is 8.11. The van der Waals surface area contributed by atoms with Crippen LogP contribution >= 0.6 is 0 Å². The molecule has 0 saturated heterocycles. The Balaban J connectivity index is 4.08. The summed E-state index contributed by atoms with van der Waals surface area (Å²) < 4.78 is 22.4. The molecule has 0 unspecified atom stereocenters. The molecule has 0 radical (unpaired) electrons. The van der Waals surface area contributed by atoms with Gasteiger partial charge in [-0.1, -0.05) is 5.11 Å². The molecule has 0 spiro atoms. The van der Waals surface area contributed by atoms with Crippen LogP contribution < -0.4 is 0 Å². The lowest BCUT2D eigenvalue weighted by Gasteiger charge is -2.28. The highest BCUT2D eigenvalue weighted by molar-refractivity contribution is 6.60. The maximum absolute atomic E-state index is 8.11. The Morgan fingerprint density at radius 1 is 1.00 bits per heavy atom. The van der Waals surface area contributed by atoms with Crippen LogP contribution in [-0.4, -0.2) is 48.4 Å². The van der Waals surface area contributed by atoms with E-state index in [0.29, 0.717) is 45.6 Å². The van der Waals surface area contributed by atoms with Gasteiger partial charge in [0.25, 0.3) is 0 Å². The van der Waals surface area contributed by atoms with Gasteiger partial charge >= 0.3 is 8.80 Å². The molecule has 7 nitrogen and oxygen atoms in total.